The van der Waals surface area contributed by atoms with Gasteiger partial charge in [-0.05, 0) is 37.1 Å². The zero-order valence-corrected chi connectivity index (χ0v) is 18.6. The van der Waals surface area contributed by atoms with E-state index in [1.54, 1.807) is 6.20 Å². The fourth-order valence-corrected chi connectivity index (χ4v) is 4.50. The first kappa shape index (κ1) is 20.5. The predicted octanol–water partition coefficient (Wildman–Crippen LogP) is 2.38. The molecule has 1 amide bonds. The highest BCUT2D eigenvalue weighted by Crippen LogP contribution is 2.38. The molecule has 6 rings (SSSR count). The number of hydrogen-bond acceptors (Lipinski definition) is 9. The van der Waals surface area contributed by atoms with Crippen LogP contribution in [0.1, 0.15) is 23.2 Å². The number of carbonyl (C=O) groups excluding carboxylic acids is 1. The Labute approximate surface area is 197 Å². The van der Waals surface area contributed by atoms with Gasteiger partial charge in [0.15, 0.2) is 0 Å². The minimum atomic E-state index is -0.546. The van der Waals surface area contributed by atoms with E-state index in [4.69, 9.17) is 10.5 Å². The monoisotopic (exact) mass is 458 g/mol. The van der Waals surface area contributed by atoms with Crippen LogP contribution in [0.4, 0.5) is 28.8 Å². The van der Waals surface area contributed by atoms with Gasteiger partial charge in [-0.2, -0.15) is 4.98 Å². The van der Waals surface area contributed by atoms with Crippen LogP contribution in [0.2, 0.25) is 0 Å². The largest absolute Gasteiger partial charge is 0.489 e. The Bertz CT molecular complexity index is 1220. The number of fused-ring (bicyclic) bond motifs is 3. The van der Waals surface area contributed by atoms with Crippen molar-refractivity contribution in [1.29, 1.82) is 0 Å². The van der Waals surface area contributed by atoms with Gasteiger partial charge in [-0.1, -0.05) is 0 Å². The Morgan fingerprint density at radius 3 is 2.88 bits per heavy atom. The lowest BCUT2D eigenvalue weighted by Gasteiger charge is -2.46. The second-order valence-electron chi connectivity index (χ2n) is 8.86. The number of hydrogen-bond donors (Lipinski definition) is 3. The van der Waals surface area contributed by atoms with Crippen LogP contribution in [0.15, 0.2) is 48.9 Å². The third-order valence-corrected chi connectivity index (χ3v) is 6.42. The number of nitrogens with two attached hydrogens (primary N) is 1. The smallest absolute Gasteiger partial charge is 0.254 e. The Kier molecular flexibility index (Phi) is 5.05. The van der Waals surface area contributed by atoms with Crippen molar-refractivity contribution in [2.24, 2.45) is 5.73 Å². The molecule has 1 aliphatic carbocycles. The summed E-state index contributed by atoms with van der Waals surface area (Å²) >= 11 is 0. The van der Waals surface area contributed by atoms with Crippen molar-refractivity contribution < 1.29 is 9.53 Å². The van der Waals surface area contributed by atoms with Crippen molar-refractivity contribution in [3.63, 3.8) is 0 Å². The van der Waals surface area contributed by atoms with E-state index in [1.165, 1.54) is 6.20 Å². The summed E-state index contributed by atoms with van der Waals surface area (Å²) in [5, 5.41) is 6.48. The van der Waals surface area contributed by atoms with E-state index in [0.29, 0.717) is 30.0 Å². The fraction of sp³-hybridized carbons (Fsp3) is 0.333. The number of anilines is 5. The SMILES string of the molecule is NC(=O)c1cnc(Nc2ccc3c(c2)OCC2CN(c4cccnc4)CCN32)nc1NC1CC1. The topological polar surface area (TPSA) is 122 Å². The molecular formula is C24H26N8O2. The molecular weight excluding hydrogens is 432 g/mol. The van der Waals surface area contributed by atoms with Crippen LogP contribution in [-0.4, -0.2) is 59.2 Å². The van der Waals surface area contributed by atoms with Crippen molar-refractivity contribution in [2.45, 2.75) is 24.9 Å². The molecule has 1 saturated heterocycles. The molecule has 0 bridgehead atoms. The van der Waals surface area contributed by atoms with Crippen LogP contribution < -0.4 is 30.9 Å². The maximum Gasteiger partial charge on any atom is 0.254 e. The molecule has 3 aliphatic rings. The Balaban J connectivity index is 1.18. The highest BCUT2D eigenvalue weighted by Gasteiger charge is 2.33. The quantitative estimate of drug-likeness (QED) is 0.511. The van der Waals surface area contributed by atoms with E-state index in [2.05, 4.69) is 47.5 Å². The molecule has 0 radical (unpaired) electrons. The average molecular weight is 459 g/mol. The number of nitrogens with one attached hydrogen (secondary N) is 2. The van der Waals surface area contributed by atoms with Gasteiger partial charge in [0.2, 0.25) is 5.95 Å². The molecule has 34 heavy (non-hydrogen) atoms. The zero-order valence-electron chi connectivity index (χ0n) is 18.6. The van der Waals surface area contributed by atoms with E-state index >= 15 is 0 Å². The third kappa shape index (κ3) is 4.02. The second kappa shape index (κ2) is 8.36. The summed E-state index contributed by atoms with van der Waals surface area (Å²) in [6.07, 6.45) is 7.29. The van der Waals surface area contributed by atoms with Gasteiger partial charge >= 0.3 is 0 Å². The van der Waals surface area contributed by atoms with Crippen LogP contribution >= 0.6 is 0 Å². The molecule has 2 aliphatic heterocycles. The molecule has 10 heteroatoms. The van der Waals surface area contributed by atoms with Crippen LogP contribution in [0, 0.1) is 0 Å². The van der Waals surface area contributed by atoms with Gasteiger partial charge in [0.25, 0.3) is 5.91 Å². The summed E-state index contributed by atoms with van der Waals surface area (Å²) < 4.78 is 6.15. The first-order valence-electron chi connectivity index (χ1n) is 11.5. The molecule has 1 atom stereocenters. The molecule has 10 nitrogen and oxygen atoms in total. The van der Waals surface area contributed by atoms with E-state index in [1.807, 2.05) is 24.4 Å². The van der Waals surface area contributed by atoms with Crippen molar-refractivity contribution in [2.75, 3.05) is 46.7 Å². The number of ether oxygens (including phenoxy) is 1. The maximum absolute atomic E-state index is 11.7. The highest BCUT2D eigenvalue weighted by molar-refractivity contribution is 5.97. The van der Waals surface area contributed by atoms with Crippen molar-refractivity contribution in [3.05, 3.63) is 54.5 Å². The van der Waals surface area contributed by atoms with E-state index < -0.39 is 5.91 Å². The second-order valence-corrected chi connectivity index (χ2v) is 8.86. The summed E-state index contributed by atoms with van der Waals surface area (Å²) in [4.78, 5) is 29.5. The van der Waals surface area contributed by atoms with E-state index in [0.717, 1.165) is 55.3 Å². The van der Waals surface area contributed by atoms with Gasteiger partial charge in [-0.15, -0.1) is 0 Å². The first-order valence-corrected chi connectivity index (χ1v) is 11.5. The number of rotatable bonds is 6. The van der Waals surface area contributed by atoms with Crippen LogP contribution in [0.5, 0.6) is 5.75 Å². The molecule has 4 N–H and O–H groups in total. The van der Waals surface area contributed by atoms with Crippen molar-refractivity contribution >= 4 is 34.7 Å². The summed E-state index contributed by atoms with van der Waals surface area (Å²) in [6.45, 7) is 3.35. The first-order chi connectivity index (χ1) is 16.6. The number of piperazine rings is 1. The fourth-order valence-electron chi connectivity index (χ4n) is 4.50. The molecule has 4 heterocycles. The number of pyridine rings is 1. The van der Waals surface area contributed by atoms with Gasteiger partial charge < -0.3 is 30.9 Å². The number of nitrogens with zero attached hydrogens (tertiary/aromatic N) is 5. The molecule has 2 fully saturated rings. The van der Waals surface area contributed by atoms with E-state index in [-0.39, 0.29) is 6.04 Å². The Hall–Kier alpha value is -4.08. The summed E-state index contributed by atoms with van der Waals surface area (Å²) in [6, 6.07) is 10.7. The Morgan fingerprint density at radius 2 is 2.09 bits per heavy atom. The number of aromatic nitrogens is 3. The highest BCUT2D eigenvalue weighted by atomic mass is 16.5. The Morgan fingerprint density at radius 1 is 1.18 bits per heavy atom. The molecule has 3 aromatic rings. The standard InChI is InChI=1S/C24H26N8O2/c25-22(33)19-12-27-24(30-23(19)28-15-3-4-15)29-16-5-6-20-21(10-16)34-14-18-13-31(8-9-32(18)20)17-2-1-7-26-11-17/h1-2,5-7,10-12,15,18H,3-4,8-9,13-14H2,(H2,25,33)(H2,27,28,29,30). The van der Waals surface area contributed by atoms with Crippen LogP contribution in [0.25, 0.3) is 0 Å². The van der Waals surface area contributed by atoms with Crippen molar-refractivity contribution in [3.8, 4) is 5.75 Å². The number of amides is 1. The van der Waals surface area contributed by atoms with Crippen LogP contribution in [-0.2, 0) is 0 Å². The van der Waals surface area contributed by atoms with Gasteiger partial charge in [0.05, 0.1) is 29.2 Å². The molecule has 1 saturated carbocycles. The summed E-state index contributed by atoms with van der Waals surface area (Å²) in [7, 11) is 0. The maximum atomic E-state index is 11.7. The lowest BCUT2D eigenvalue weighted by Crippen LogP contribution is -2.57. The minimum absolute atomic E-state index is 0.279. The van der Waals surface area contributed by atoms with Gasteiger partial charge in [0, 0.05) is 49.8 Å². The molecule has 0 spiro atoms. The summed E-state index contributed by atoms with van der Waals surface area (Å²) in [5.74, 6) is 1.15. The van der Waals surface area contributed by atoms with Gasteiger partial charge in [0.1, 0.15) is 18.2 Å². The molecule has 2 aromatic heterocycles. The average Bonchev–Trinajstić information content (AvgIpc) is 3.68. The molecule has 174 valence electrons. The molecule has 1 unspecified atom stereocenters. The minimum Gasteiger partial charge on any atom is -0.489 e. The number of primary amides is 1. The van der Waals surface area contributed by atoms with Gasteiger partial charge in [-0.25, -0.2) is 4.98 Å². The summed E-state index contributed by atoms with van der Waals surface area (Å²) in [5.41, 5.74) is 8.82. The predicted molar refractivity (Wildman–Crippen MR) is 130 cm³/mol. The van der Waals surface area contributed by atoms with Crippen molar-refractivity contribution in [1.82, 2.24) is 15.0 Å². The lowest BCUT2D eigenvalue weighted by molar-refractivity contribution is 0.100. The third-order valence-electron chi connectivity index (χ3n) is 6.42. The zero-order chi connectivity index (χ0) is 23.1. The molecule has 1 aromatic carbocycles. The number of carbonyl (C=O) groups is 1. The van der Waals surface area contributed by atoms with Gasteiger partial charge in [-0.3, -0.25) is 9.78 Å². The number of benzene rings is 1. The van der Waals surface area contributed by atoms with E-state index in [9.17, 15) is 4.79 Å². The van der Waals surface area contributed by atoms with Crippen LogP contribution in [0.3, 0.4) is 0 Å². The normalized spacial score (nSPS) is 19.0. The lowest BCUT2D eigenvalue weighted by atomic mass is 10.1.